The van der Waals surface area contributed by atoms with E-state index in [9.17, 15) is 5.11 Å². The van der Waals surface area contributed by atoms with Gasteiger partial charge in [0.15, 0.2) is 0 Å². The predicted molar refractivity (Wildman–Crippen MR) is 95.7 cm³/mol. The van der Waals surface area contributed by atoms with Crippen LogP contribution in [0.2, 0.25) is 0 Å². The average molecular weight is 338 g/mol. The number of likely N-dealkylation sites (tertiary alicyclic amines) is 1. The van der Waals surface area contributed by atoms with Gasteiger partial charge < -0.3 is 10.0 Å². The van der Waals surface area contributed by atoms with Crippen molar-refractivity contribution >= 4 is 11.3 Å². The van der Waals surface area contributed by atoms with Gasteiger partial charge in [-0.1, -0.05) is 26.7 Å². The first-order chi connectivity index (χ1) is 11.1. The van der Waals surface area contributed by atoms with E-state index in [2.05, 4.69) is 29.0 Å². The molecule has 5 heteroatoms. The lowest BCUT2D eigenvalue weighted by Crippen LogP contribution is -2.46. The number of hydrogen-bond donors (Lipinski definition) is 1. The molecule has 1 N–H and O–H groups in total. The Bertz CT molecular complexity index is 486. The van der Waals surface area contributed by atoms with Crippen LogP contribution >= 0.6 is 11.3 Å². The first-order valence-electron chi connectivity index (χ1n) is 9.28. The van der Waals surface area contributed by atoms with Gasteiger partial charge in [0, 0.05) is 24.5 Å². The summed E-state index contributed by atoms with van der Waals surface area (Å²) in [5, 5.41) is 14.3. The van der Waals surface area contributed by atoms with Crippen molar-refractivity contribution in [3.8, 4) is 0 Å². The Kier molecular flexibility index (Phi) is 5.73. The Balaban J connectivity index is 1.59. The van der Waals surface area contributed by atoms with Gasteiger partial charge in [0.2, 0.25) is 0 Å². The summed E-state index contributed by atoms with van der Waals surface area (Å²) < 4.78 is 0. The third-order valence-electron chi connectivity index (χ3n) is 5.75. The smallest absolute Gasteiger partial charge is 0.110 e. The number of aliphatic hydroxyl groups is 1. The summed E-state index contributed by atoms with van der Waals surface area (Å²) in [5.41, 5.74) is 0.211. The molecule has 0 aromatic carbocycles. The molecule has 0 amide bonds. The summed E-state index contributed by atoms with van der Waals surface area (Å²) in [6.45, 7) is 9.41. The van der Waals surface area contributed by atoms with Gasteiger partial charge in [0.25, 0.3) is 0 Å². The van der Waals surface area contributed by atoms with Crippen LogP contribution < -0.4 is 0 Å². The maximum atomic E-state index is 11.1. The zero-order valence-electron chi connectivity index (χ0n) is 14.6. The zero-order valence-corrected chi connectivity index (χ0v) is 15.4. The standard InChI is InChI=1S/C18H31N3OS/c1-3-20(4-2)13-17-19-16(14-23-17)18(22)9-11-21(12-10-18)15-7-5-6-8-15/h14-15,22H,3-13H2,1-2H3. The lowest BCUT2D eigenvalue weighted by molar-refractivity contribution is -0.0379. The van der Waals surface area contributed by atoms with Gasteiger partial charge in [-0.15, -0.1) is 11.3 Å². The van der Waals surface area contributed by atoms with E-state index in [0.717, 1.165) is 62.3 Å². The van der Waals surface area contributed by atoms with Crippen molar-refractivity contribution in [2.24, 2.45) is 0 Å². The quantitative estimate of drug-likeness (QED) is 0.865. The van der Waals surface area contributed by atoms with E-state index in [0.29, 0.717) is 0 Å². The van der Waals surface area contributed by atoms with Crippen LogP contribution in [0.15, 0.2) is 5.38 Å². The molecule has 1 saturated heterocycles. The van der Waals surface area contributed by atoms with Crippen molar-refractivity contribution < 1.29 is 5.11 Å². The van der Waals surface area contributed by atoms with Crippen LogP contribution in [0.1, 0.15) is 63.1 Å². The van der Waals surface area contributed by atoms with E-state index < -0.39 is 5.60 Å². The van der Waals surface area contributed by atoms with Gasteiger partial charge in [-0.05, 0) is 38.8 Å². The number of thiazole rings is 1. The van der Waals surface area contributed by atoms with Gasteiger partial charge in [0.1, 0.15) is 10.6 Å². The largest absolute Gasteiger partial charge is 0.383 e. The van der Waals surface area contributed by atoms with Crippen LogP contribution in [0.4, 0.5) is 0 Å². The van der Waals surface area contributed by atoms with Crippen molar-refractivity contribution in [1.82, 2.24) is 14.8 Å². The Labute approximate surface area is 144 Å². The lowest BCUT2D eigenvalue weighted by atomic mass is 9.88. The summed E-state index contributed by atoms with van der Waals surface area (Å²) in [4.78, 5) is 9.74. The second-order valence-electron chi connectivity index (χ2n) is 7.09. The molecule has 2 heterocycles. The summed E-state index contributed by atoms with van der Waals surface area (Å²) in [6.07, 6.45) is 7.13. The normalized spacial score (nSPS) is 23.0. The Morgan fingerprint density at radius 2 is 1.91 bits per heavy atom. The fraction of sp³-hybridized carbons (Fsp3) is 0.833. The molecular formula is C18H31N3OS. The van der Waals surface area contributed by atoms with Crippen LogP contribution in [-0.4, -0.2) is 52.1 Å². The molecule has 0 spiro atoms. The van der Waals surface area contributed by atoms with E-state index >= 15 is 0 Å². The lowest BCUT2D eigenvalue weighted by Gasteiger charge is -2.40. The fourth-order valence-electron chi connectivity index (χ4n) is 4.02. The van der Waals surface area contributed by atoms with E-state index in [1.807, 2.05) is 0 Å². The van der Waals surface area contributed by atoms with E-state index in [4.69, 9.17) is 4.98 Å². The molecule has 0 bridgehead atoms. The highest BCUT2D eigenvalue weighted by atomic mass is 32.1. The molecule has 3 rings (SSSR count). The second kappa shape index (κ2) is 7.60. The molecule has 0 unspecified atom stereocenters. The van der Waals surface area contributed by atoms with Crippen LogP contribution in [0.25, 0.3) is 0 Å². The molecule has 1 aromatic rings. The molecule has 2 fully saturated rings. The van der Waals surface area contributed by atoms with Crippen LogP contribution in [0.3, 0.4) is 0 Å². The topological polar surface area (TPSA) is 39.6 Å². The van der Waals surface area contributed by atoms with Crippen molar-refractivity contribution in [3.05, 3.63) is 16.1 Å². The van der Waals surface area contributed by atoms with Gasteiger partial charge in [-0.25, -0.2) is 4.98 Å². The number of rotatable bonds is 6. The molecule has 130 valence electrons. The van der Waals surface area contributed by atoms with Crippen molar-refractivity contribution in [3.63, 3.8) is 0 Å². The first-order valence-corrected chi connectivity index (χ1v) is 10.2. The monoisotopic (exact) mass is 337 g/mol. The number of hydrogen-bond acceptors (Lipinski definition) is 5. The molecule has 2 aliphatic rings. The maximum absolute atomic E-state index is 11.1. The van der Waals surface area contributed by atoms with Gasteiger partial charge >= 0.3 is 0 Å². The van der Waals surface area contributed by atoms with Gasteiger partial charge in [-0.3, -0.25) is 4.90 Å². The van der Waals surface area contributed by atoms with Crippen molar-refractivity contribution in [1.29, 1.82) is 0 Å². The molecule has 1 saturated carbocycles. The van der Waals surface area contributed by atoms with Crippen LogP contribution in [0, 0.1) is 0 Å². The maximum Gasteiger partial charge on any atom is 0.110 e. The van der Waals surface area contributed by atoms with E-state index in [1.54, 1.807) is 11.3 Å². The molecule has 23 heavy (non-hydrogen) atoms. The number of aromatic nitrogens is 1. The molecule has 1 aromatic heterocycles. The summed E-state index contributed by atoms with van der Waals surface area (Å²) in [7, 11) is 0. The number of nitrogens with zero attached hydrogens (tertiary/aromatic N) is 3. The van der Waals surface area contributed by atoms with Crippen LogP contribution in [-0.2, 0) is 12.1 Å². The molecule has 1 aliphatic heterocycles. The highest BCUT2D eigenvalue weighted by Crippen LogP contribution is 2.36. The Hall–Kier alpha value is -0.490. The minimum Gasteiger partial charge on any atom is -0.383 e. The summed E-state index contributed by atoms with van der Waals surface area (Å²) in [5.74, 6) is 0. The van der Waals surface area contributed by atoms with Crippen molar-refractivity contribution in [2.45, 2.75) is 70.6 Å². The zero-order chi connectivity index (χ0) is 16.3. The summed E-state index contributed by atoms with van der Waals surface area (Å²) in [6, 6.07) is 0.771. The second-order valence-corrected chi connectivity index (χ2v) is 8.04. The molecule has 0 radical (unpaired) electrons. The highest BCUT2D eigenvalue weighted by Gasteiger charge is 2.38. The third-order valence-corrected chi connectivity index (χ3v) is 6.58. The average Bonchev–Trinajstić information content (AvgIpc) is 3.25. The minimum atomic E-state index is -0.701. The molecule has 4 nitrogen and oxygen atoms in total. The third kappa shape index (κ3) is 3.95. The number of piperidine rings is 1. The minimum absolute atomic E-state index is 0.701. The molecule has 1 aliphatic carbocycles. The van der Waals surface area contributed by atoms with Crippen LogP contribution in [0.5, 0.6) is 0 Å². The van der Waals surface area contributed by atoms with E-state index in [1.165, 1.54) is 25.7 Å². The Morgan fingerprint density at radius 3 is 2.52 bits per heavy atom. The molecular weight excluding hydrogens is 306 g/mol. The highest BCUT2D eigenvalue weighted by molar-refractivity contribution is 7.09. The van der Waals surface area contributed by atoms with Gasteiger partial charge in [0.05, 0.1) is 12.2 Å². The summed E-state index contributed by atoms with van der Waals surface area (Å²) >= 11 is 1.70. The molecule has 0 atom stereocenters. The van der Waals surface area contributed by atoms with Gasteiger partial charge in [-0.2, -0.15) is 0 Å². The fourth-order valence-corrected chi connectivity index (χ4v) is 4.95. The first kappa shape index (κ1) is 17.3. The predicted octanol–water partition coefficient (Wildman–Crippen LogP) is 3.21. The van der Waals surface area contributed by atoms with Crippen molar-refractivity contribution in [2.75, 3.05) is 26.2 Å². The Morgan fingerprint density at radius 1 is 1.26 bits per heavy atom. The SMILES string of the molecule is CCN(CC)Cc1nc(C2(O)CCN(C3CCCC3)CC2)cs1. The van der Waals surface area contributed by atoms with E-state index in [-0.39, 0.29) is 0 Å².